The Bertz CT molecular complexity index is 1290. The van der Waals surface area contributed by atoms with Crippen molar-refractivity contribution in [2.24, 2.45) is 0 Å². The van der Waals surface area contributed by atoms with Crippen molar-refractivity contribution in [2.45, 2.75) is 37.8 Å². The lowest BCUT2D eigenvalue weighted by Gasteiger charge is -2.42. The van der Waals surface area contributed by atoms with E-state index in [4.69, 9.17) is 0 Å². The van der Waals surface area contributed by atoms with Crippen molar-refractivity contribution in [3.63, 3.8) is 0 Å². The molecular weight excluding hydrogens is 396 g/mol. The Hall–Kier alpha value is -3.05. The van der Waals surface area contributed by atoms with Gasteiger partial charge >= 0.3 is 5.69 Å². The highest BCUT2D eigenvalue weighted by Crippen LogP contribution is 2.30. The first-order valence-electron chi connectivity index (χ1n) is 11.9. The number of hydrogen-bond donors (Lipinski definition) is 1. The second-order valence-corrected chi connectivity index (χ2v) is 9.33. The Labute approximate surface area is 188 Å². The summed E-state index contributed by atoms with van der Waals surface area (Å²) in [6.07, 6.45) is 4.52. The lowest BCUT2D eigenvalue weighted by Crippen LogP contribution is -2.48. The number of aromatic amines is 1. The maximum atomic E-state index is 12.6. The predicted molar refractivity (Wildman–Crippen MR) is 132 cm³/mol. The number of hydrogen-bond acceptors (Lipinski definition) is 3. The van der Waals surface area contributed by atoms with Crippen molar-refractivity contribution >= 4 is 27.5 Å². The predicted octanol–water partition coefficient (Wildman–Crippen LogP) is 4.79. The zero-order valence-electron chi connectivity index (χ0n) is 18.4. The monoisotopic (exact) mass is 426 g/mol. The van der Waals surface area contributed by atoms with Crippen LogP contribution in [0.15, 0.2) is 71.5 Å². The largest absolute Gasteiger partial charge is 0.371 e. The van der Waals surface area contributed by atoms with E-state index in [9.17, 15) is 4.79 Å². The highest BCUT2D eigenvalue weighted by atomic mass is 16.1. The molecule has 0 spiro atoms. The van der Waals surface area contributed by atoms with Crippen molar-refractivity contribution in [3.05, 3.63) is 77.2 Å². The van der Waals surface area contributed by atoms with E-state index >= 15 is 0 Å². The summed E-state index contributed by atoms with van der Waals surface area (Å²) in [5, 5.41) is 2.63. The second kappa shape index (κ2) is 8.14. The Balaban J connectivity index is 1.09. The fourth-order valence-electron chi connectivity index (χ4n) is 5.81. The van der Waals surface area contributed by atoms with E-state index in [0.717, 1.165) is 50.1 Å². The SMILES string of the molecule is O=c1[nH]c2ccccc2n1C1CCN(C2CCN(c3ccc4ccccc4c3)CC2)CC1. The van der Waals surface area contributed by atoms with E-state index in [1.807, 2.05) is 22.8 Å². The third kappa shape index (κ3) is 3.51. The molecule has 3 aromatic carbocycles. The van der Waals surface area contributed by atoms with Gasteiger partial charge < -0.3 is 14.8 Å². The van der Waals surface area contributed by atoms with E-state index in [1.165, 1.54) is 29.3 Å². The fraction of sp³-hybridized carbons (Fsp3) is 0.370. The van der Waals surface area contributed by atoms with Crippen molar-refractivity contribution < 1.29 is 0 Å². The molecule has 0 aliphatic carbocycles. The molecule has 0 unspecified atom stereocenters. The lowest BCUT2D eigenvalue weighted by atomic mass is 9.97. The summed E-state index contributed by atoms with van der Waals surface area (Å²) in [5.41, 5.74) is 3.37. The molecule has 164 valence electrons. The molecule has 0 saturated carbocycles. The van der Waals surface area contributed by atoms with Gasteiger partial charge in [-0.25, -0.2) is 4.79 Å². The number of likely N-dealkylation sites (tertiary alicyclic amines) is 1. The van der Waals surface area contributed by atoms with Gasteiger partial charge in [0.2, 0.25) is 0 Å². The molecule has 5 heteroatoms. The molecule has 4 aromatic rings. The Morgan fingerprint density at radius 1 is 0.719 bits per heavy atom. The standard InChI is InChI=1S/C27H30N4O/c32-27-28-25-7-3-4-8-26(25)31(27)23-13-17-29(18-14-23)22-11-15-30(16-12-22)24-10-9-20-5-1-2-6-21(20)19-24/h1-10,19,22-23H,11-18H2,(H,28,32). The van der Waals surface area contributed by atoms with E-state index in [0.29, 0.717) is 12.1 Å². The molecule has 6 rings (SSSR count). The minimum atomic E-state index is 0.0355. The maximum Gasteiger partial charge on any atom is 0.326 e. The van der Waals surface area contributed by atoms with E-state index in [1.54, 1.807) is 0 Å². The second-order valence-electron chi connectivity index (χ2n) is 9.33. The molecule has 2 saturated heterocycles. The van der Waals surface area contributed by atoms with Gasteiger partial charge in [0.05, 0.1) is 11.0 Å². The lowest BCUT2D eigenvalue weighted by molar-refractivity contribution is 0.118. The van der Waals surface area contributed by atoms with Crippen LogP contribution in [0.1, 0.15) is 31.7 Å². The van der Waals surface area contributed by atoms with Crippen LogP contribution in [0, 0.1) is 0 Å². The smallest absolute Gasteiger partial charge is 0.326 e. The Morgan fingerprint density at radius 3 is 2.22 bits per heavy atom. The van der Waals surface area contributed by atoms with Gasteiger partial charge in [0.15, 0.2) is 0 Å². The first kappa shape index (κ1) is 19.6. The zero-order valence-corrected chi connectivity index (χ0v) is 18.4. The maximum absolute atomic E-state index is 12.6. The van der Waals surface area contributed by atoms with E-state index in [-0.39, 0.29) is 5.69 Å². The van der Waals surface area contributed by atoms with Gasteiger partial charge in [0, 0.05) is 44.0 Å². The third-order valence-corrected chi connectivity index (χ3v) is 7.57. The molecule has 2 aliphatic heterocycles. The summed E-state index contributed by atoms with van der Waals surface area (Å²) in [5.74, 6) is 0. The van der Waals surface area contributed by atoms with Gasteiger partial charge in [-0.05, 0) is 60.7 Å². The van der Waals surface area contributed by atoms with Crippen molar-refractivity contribution in [2.75, 3.05) is 31.1 Å². The summed E-state index contributed by atoms with van der Waals surface area (Å²) in [7, 11) is 0. The number of rotatable bonds is 3. The van der Waals surface area contributed by atoms with Crippen LogP contribution in [0.2, 0.25) is 0 Å². The molecule has 0 bridgehead atoms. The highest BCUT2D eigenvalue weighted by molar-refractivity contribution is 5.85. The van der Waals surface area contributed by atoms with Gasteiger partial charge in [-0.1, -0.05) is 42.5 Å². The van der Waals surface area contributed by atoms with E-state index < -0.39 is 0 Å². The Kier molecular flexibility index (Phi) is 4.99. The molecule has 0 amide bonds. The minimum Gasteiger partial charge on any atom is -0.371 e. The van der Waals surface area contributed by atoms with Crippen LogP contribution in [0.25, 0.3) is 21.8 Å². The number of anilines is 1. The molecule has 1 aromatic heterocycles. The van der Waals surface area contributed by atoms with Crippen LogP contribution in [0.5, 0.6) is 0 Å². The number of para-hydroxylation sites is 2. The number of piperidine rings is 2. The van der Waals surface area contributed by atoms with Crippen molar-refractivity contribution in [1.82, 2.24) is 14.5 Å². The first-order chi connectivity index (χ1) is 15.8. The highest BCUT2D eigenvalue weighted by Gasteiger charge is 2.30. The molecule has 5 nitrogen and oxygen atoms in total. The number of nitrogens with zero attached hydrogens (tertiary/aromatic N) is 3. The van der Waals surface area contributed by atoms with Gasteiger partial charge in [0.1, 0.15) is 0 Å². The number of aromatic nitrogens is 2. The summed E-state index contributed by atoms with van der Waals surface area (Å²) < 4.78 is 2.00. The minimum absolute atomic E-state index is 0.0355. The molecular formula is C27H30N4O. The average molecular weight is 427 g/mol. The molecule has 1 N–H and O–H groups in total. The van der Waals surface area contributed by atoms with Crippen LogP contribution >= 0.6 is 0 Å². The average Bonchev–Trinajstić information content (AvgIpc) is 3.19. The number of fused-ring (bicyclic) bond motifs is 2. The van der Waals surface area contributed by atoms with Crippen molar-refractivity contribution in [1.29, 1.82) is 0 Å². The van der Waals surface area contributed by atoms with Gasteiger partial charge in [-0.3, -0.25) is 4.57 Å². The van der Waals surface area contributed by atoms with Crippen LogP contribution < -0.4 is 10.6 Å². The molecule has 2 aliphatic rings. The summed E-state index contributed by atoms with van der Waals surface area (Å²) in [4.78, 5) is 20.8. The first-order valence-corrected chi connectivity index (χ1v) is 11.9. The molecule has 3 heterocycles. The van der Waals surface area contributed by atoms with Crippen LogP contribution in [0.4, 0.5) is 5.69 Å². The number of H-pyrrole nitrogens is 1. The Morgan fingerprint density at radius 2 is 1.41 bits per heavy atom. The normalized spacial score (nSPS) is 19.2. The summed E-state index contributed by atoms with van der Waals surface area (Å²) in [6.45, 7) is 4.39. The van der Waals surface area contributed by atoms with Gasteiger partial charge in [0.25, 0.3) is 0 Å². The third-order valence-electron chi connectivity index (χ3n) is 7.57. The molecule has 2 fully saturated rings. The number of benzene rings is 3. The molecule has 32 heavy (non-hydrogen) atoms. The topological polar surface area (TPSA) is 44.3 Å². The molecule has 0 atom stereocenters. The van der Waals surface area contributed by atoms with Gasteiger partial charge in [-0.15, -0.1) is 0 Å². The molecule has 0 radical (unpaired) electrons. The van der Waals surface area contributed by atoms with Crippen LogP contribution in [-0.4, -0.2) is 46.7 Å². The number of imidazole rings is 1. The summed E-state index contributed by atoms with van der Waals surface area (Å²) >= 11 is 0. The van der Waals surface area contributed by atoms with Crippen LogP contribution in [0.3, 0.4) is 0 Å². The zero-order chi connectivity index (χ0) is 21.5. The summed E-state index contributed by atoms with van der Waals surface area (Å²) in [6, 6.07) is 24.5. The fourth-order valence-corrected chi connectivity index (χ4v) is 5.81. The van der Waals surface area contributed by atoms with Crippen LogP contribution in [-0.2, 0) is 0 Å². The van der Waals surface area contributed by atoms with E-state index in [2.05, 4.69) is 63.3 Å². The van der Waals surface area contributed by atoms with Crippen molar-refractivity contribution in [3.8, 4) is 0 Å². The number of nitrogens with one attached hydrogen (secondary N) is 1. The van der Waals surface area contributed by atoms with Gasteiger partial charge in [-0.2, -0.15) is 0 Å². The quantitative estimate of drug-likeness (QED) is 0.512.